The maximum atomic E-state index is 4.79. The standard InChI is InChI=1S/C16H20N4.C2H6/c1-13-12-17-16(20-10-8-19(2)9-11-20)18-15(13)14-6-4-3-5-7-14;1-2/h3-7,12H,8-11H2,1-2H3;1-2H3. The van der Waals surface area contributed by atoms with Gasteiger partial charge in [-0.05, 0) is 19.5 Å². The third-order valence-corrected chi connectivity index (χ3v) is 3.79. The molecule has 3 rings (SSSR count). The summed E-state index contributed by atoms with van der Waals surface area (Å²) in [6, 6.07) is 10.3. The molecule has 1 saturated heterocycles. The fraction of sp³-hybridized carbons (Fsp3) is 0.444. The van der Waals surface area contributed by atoms with Crippen molar-refractivity contribution in [1.82, 2.24) is 14.9 Å². The highest BCUT2D eigenvalue weighted by molar-refractivity contribution is 5.63. The van der Waals surface area contributed by atoms with Crippen LogP contribution in [-0.2, 0) is 0 Å². The Hall–Kier alpha value is -1.94. The smallest absolute Gasteiger partial charge is 0.225 e. The zero-order valence-electron chi connectivity index (χ0n) is 14.1. The second kappa shape index (κ2) is 7.90. The van der Waals surface area contributed by atoms with Crippen molar-refractivity contribution in [2.45, 2.75) is 20.8 Å². The normalized spacial score (nSPS) is 15.2. The molecule has 0 aliphatic carbocycles. The summed E-state index contributed by atoms with van der Waals surface area (Å²) < 4.78 is 0. The van der Waals surface area contributed by atoms with Crippen LogP contribution in [0.1, 0.15) is 19.4 Å². The van der Waals surface area contributed by atoms with Crippen LogP contribution in [0.5, 0.6) is 0 Å². The van der Waals surface area contributed by atoms with E-state index in [1.807, 2.05) is 38.2 Å². The van der Waals surface area contributed by atoms with E-state index >= 15 is 0 Å². The van der Waals surface area contributed by atoms with Gasteiger partial charge in [0.15, 0.2) is 0 Å². The molecule has 0 radical (unpaired) electrons. The van der Waals surface area contributed by atoms with E-state index in [0.717, 1.165) is 48.9 Å². The summed E-state index contributed by atoms with van der Waals surface area (Å²) in [6.45, 7) is 10.2. The number of hydrogen-bond donors (Lipinski definition) is 0. The van der Waals surface area contributed by atoms with Crippen LogP contribution in [0.15, 0.2) is 36.5 Å². The minimum absolute atomic E-state index is 0.850. The molecule has 1 aliphatic rings. The summed E-state index contributed by atoms with van der Waals surface area (Å²) in [7, 11) is 2.16. The fourth-order valence-corrected chi connectivity index (χ4v) is 2.48. The molecule has 4 nitrogen and oxygen atoms in total. The molecule has 118 valence electrons. The van der Waals surface area contributed by atoms with E-state index in [4.69, 9.17) is 4.98 Å². The highest BCUT2D eigenvalue weighted by Gasteiger charge is 2.17. The van der Waals surface area contributed by atoms with Crippen LogP contribution >= 0.6 is 0 Å². The van der Waals surface area contributed by atoms with E-state index in [0.29, 0.717) is 0 Å². The van der Waals surface area contributed by atoms with Crippen LogP contribution in [0.2, 0.25) is 0 Å². The molecule has 22 heavy (non-hydrogen) atoms. The molecule has 2 aromatic rings. The molecule has 0 spiro atoms. The second-order valence-corrected chi connectivity index (χ2v) is 5.36. The van der Waals surface area contributed by atoms with Gasteiger partial charge in [0.1, 0.15) is 0 Å². The maximum absolute atomic E-state index is 4.79. The first-order valence-electron chi connectivity index (χ1n) is 8.06. The van der Waals surface area contributed by atoms with Gasteiger partial charge in [0, 0.05) is 37.9 Å². The van der Waals surface area contributed by atoms with Gasteiger partial charge in [-0.3, -0.25) is 0 Å². The number of hydrogen-bond acceptors (Lipinski definition) is 4. The van der Waals surface area contributed by atoms with E-state index in [9.17, 15) is 0 Å². The van der Waals surface area contributed by atoms with Crippen molar-refractivity contribution in [3.8, 4) is 11.3 Å². The number of aromatic nitrogens is 2. The number of benzene rings is 1. The lowest BCUT2D eigenvalue weighted by molar-refractivity contribution is 0.311. The average molecular weight is 298 g/mol. The van der Waals surface area contributed by atoms with Crippen LogP contribution < -0.4 is 4.90 Å². The molecule has 0 bridgehead atoms. The van der Waals surface area contributed by atoms with E-state index < -0.39 is 0 Å². The molecule has 4 heteroatoms. The lowest BCUT2D eigenvalue weighted by Crippen LogP contribution is -2.45. The molecular weight excluding hydrogens is 272 g/mol. The van der Waals surface area contributed by atoms with Crippen molar-refractivity contribution in [2.75, 3.05) is 38.1 Å². The van der Waals surface area contributed by atoms with Crippen molar-refractivity contribution in [3.05, 3.63) is 42.1 Å². The zero-order chi connectivity index (χ0) is 15.9. The minimum Gasteiger partial charge on any atom is -0.338 e. The van der Waals surface area contributed by atoms with Gasteiger partial charge < -0.3 is 9.80 Å². The number of likely N-dealkylation sites (N-methyl/N-ethyl adjacent to an activating group) is 1. The van der Waals surface area contributed by atoms with E-state index in [1.54, 1.807) is 0 Å². The summed E-state index contributed by atoms with van der Waals surface area (Å²) in [6.07, 6.45) is 1.93. The zero-order valence-corrected chi connectivity index (χ0v) is 14.1. The lowest BCUT2D eigenvalue weighted by atomic mass is 10.1. The molecule has 0 saturated carbocycles. The average Bonchev–Trinajstić information content (AvgIpc) is 2.59. The van der Waals surface area contributed by atoms with Crippen molar-refractivity contribution in [2.24, 2.45) is 0 Å². The first-order chi connectivity index (χ1) is 10.7. The summed E-state index contributed by atoms with van der Waals surface area (Å²) in [5.74, 6) is 0.850. The third kappa shape index (κ3) is 3.83. The van der Waals surface area contributed by atoms with Gasteiger partial charge in [-0.25, -0.2) is 9.97 Å². The van der Waals surface area contributed by atoms with Crippen LogP contribution in [-0.4, -0.2) is 48.1 Å². The molecule has 1 fully saturated rings. The highest BCUT2D eigenvalue weighted by atomic mass is 15.3. The van der Waals surface area contributed by atoms with Gasteiger partial charge >= 0.3 is 0 Å². The third-order valence-electron chi connectivity index (χ3n) is 3.79. The molecule has 0 N–H and O–H groups in total. The Morgan fingerprint density at radius 2 is 1.59 bits per heavy atom. The van der Waals surface area contributed by atoms with Crippen LogP contribution in [0.4, 0.5) is 5.95 Å². The molecule has 1 aromatic carbocycles. The number of anilines is 1. The summed E-state index contributed by atoms with van der Waals surface area (Å²) >= 11 is 0. The largest absolute Gasteiger partial charge is 0.338 e. The first kappa shape index (κ1) is 16.4. The van der Waals surface area contributed by atoms with E-state index in [2.05, 4.69) is 40.9 Å². The van der Waals surface area contributed by atoms with Crippen molar-refractivity contribution in [1.29, 1.82) is 0 Å². The van der Waals surface area contributed by atoms with E-state index in [-0.39, 0.29) is 0 Å². The fourth-order valence-electron chi connectivity index (χ4n) is 2.48. The summed E-state index contributed by atoms with van der Waals surface area (Å²) in [4.78, 5) is 13.9. The quantitative estimate of drug-likeness (QED) is 0.852. The Morgan fingerprint density at radius 1 is 0.955 bits per heavy atom. The Balaban J connectivity index is 0.000000847. The van der Waals surface area contributed by atoms with Crippen LogP contribution in [0.25, 0.3) is 11.3 Å². The van der Waals surface area contributed by atoms with Crippen molar-refractivity contribution in [3.63, 3.8) is 0 Å². The number of aryl methyl sites for hydroxylation is 1. The molecule has 0 unspecified atom stereocenters. The molecular formula is C18H26N4. The number of rotatable bonds is 2. The van der Waals surface area contributed by atoms with Gasteiger partial charge in [0.05, 0.1) is 5.69 Å². The first-order valence-corrected chi connectivity index (χ1v) is 8.06. The Kier molecular flexibility index (Phi) is 5.90. The molecule has 0 amide bonds. The molecule has 1 aromatic heterocycles. The maximum Gasteiger partial charge on any atom is 0.225 e. The molecule has 1 aliphatic heterocycles. The minimum atomic E-state index is 0.850. The SMILES string of the molecule is CC.Cc1cnc(N2CCN(C)CC2)nc1-c1ccccc1. The van der Waals surface area contributed by atoms with Gasteiger partial charge in [0.2, 0.25) is 5.95 Å². The highest BCUT2D eigenvalue weighted by Crippen LogP contribution is 2.22. The Labute approximate surface area is 133 Å². The second-order valence-electron chi connectivity index (χ2n) is 5.36. The van der Waals surface area contributed by atoms with Gasteiger partial charge in [-0.1, -0.05) is 44.2 Å². The topological polar surface area (TPSA) is 32.3 Å². The summed E-state index contributed by atoms with van der Waals surface area (Å²) in [5, 5.41) is 0. The van der Waals surface area contributed by atoms with Crippen LogP contribution in [0, 0.1) is 6.92 Å². The number of piperazine rings is 1. The number of nitrogens with zero attached hydrogens (tertiary/aromatic N) is 4. The van der Waals surface area contributed by atoms with Crippen LogP contribution in [0.3, 0.4) is 0 Å². The van der Waals surface area contributed by atoms with Crippen molar-refractivity contribution >= 4 is 5.95 Å². The Bertz CT molecular complexity index is 575. The van der Waals surface area contributed by atoms with Gasteiger partial charge in [-0.2, -0.15) is 0 Å². The Morgan fingerprint density at radius 3 is 2.23 bits per heavy atom. The summed E-state index contributed by atoms with van der Waals surface area (Å²) in [5.41, 5.74) is 3.31. The predicted octanol–water partition coefficient (Wildman–Crippen LogP) is 3.23. The predicted molar refractivity (Wildman–Crippen MR) is 93.3 cm³/mol. The monoisotopic (exact) mass is 298 g/mol. The van der Waals surface area contributed by atoms with Crippen molar-refractivity contribution < 1.29 is 0 Å². The molecule has 0 atom stereocenters. The lowest BCUT2D eigenvalue weighted by Gasteiger charge is -2.32. The van der Waals surface area contributed by atoms with Gasteiger partial charge in [-0.15, -0.1) is 0 Å². The molecule has 2 heterocycles. The van der Waals surface area contributed by atoms with Gasteiger partial charge in [0.25, 0.3) is 0 Å². The van der Waals surface area contributed by atoms with E-state index in [1.165, 1.54) is 0 Å².